The molecule has 4 heteroatoms. The first-order chi connectivity index (χ1) is 12.4. The summed E-state index contributed by atoms with van der Waals surface area (Å²) in [6.45, 7) is 5.86. The predicted molar refractivity (Wildman–Crippen MR) is 108 cm³/mol. The molecule has 0 aliphatic carbocycles. The Labute approximate surface area is 157 Å². The molecule has 1 unspecified atom stereocenters. The number of nitrogens with one attached hydrogen (secondary N) is 1. The lowest BCUT2D eigenvalue weighted by Gasteiger charge is -2.31. The van der Waals surface area contributed by atoms with Gasteiger partial charge < -0.3 is 15.1 Å². The number of hydrogen-bond donors (Lipinski definition) is 1. The molecule has 0 spiro atoms. The van der Waals surface area contributed by atoms with Crippen LogP contribution in [0.1, 0.15) is 41.4 Å². The Balaban J connectivity index is 2.10. The van der Waals surface area contributed by atoms with Crippen molar-refractivity contribution in [2.24, 2.45) is 0 Å². The number of rotatable bonds is 8. The highest BCUT2D eigenvalue weighted by Crippen LogP contribution is 2.23. The van der Waals surface area contributed by atoms with Crippen molar-refractivity contribution < 1.29 is 4.79 Å². The van der Waals surface area contributed by atoms with Crippen LogP contribution in [0, 0.1) is 0 Å². The van der Waals surface area contributed by atoms with Crippen LogP contribution in [0.25, 0.3) is 0 Å². The summed E-state index contributed by atoms with van der Waals surface area (Å²) < 4.78 is 0. The molecule has 0 aromatic heterocycles. The molecule has 0 radical (unpaired) electrons. The largest absolute Gasteiger partial charge is 0.337 e. The third-order valence-electron chi connectivity index (χ3n) is 4.66. The molecule has 26 heavy (non-hydrogen) atoms. The van der Waals surface area contributed by atoms with Gasteiger partial charge in [-0.2, -0.15) is 0 Å². The van der Waals surface area contributed by atoms with Crippen LogP contribution in [0.4, 0.5) is 0 Å². The normalized spacial score (nSPS) is 13.5. The number of benzene rings is 2. The van der Waals surface area contributed by atoms with Crippen molar-refractivity contribution in [1.29, 1.82) is 0 Å². The summed E-state index contributed by atoms with van der Waals surface area (Å²) in [4.78, 5) is 16.7. The quantitative estimate of drug-likeness (QED) is 0.788. The lowest BCUT2D eigenvalue weighted by atomic mass is 9.98. The second kappa shape index (κ2) is 9.51. The third-order valence-corrected chi connectivity index (χ3v) is 4.66. The minimum atomic E-state index is 0.0431. The van der Waals surface area contributed by atoms with Gasteiger partial charge in [0.05, 0.1) is 0 Å². The summed E-state index contributed by atoms with van der Waals surface area (Å²) in [6.07, 6.45) is 0. The second-order valence-electron chi connectivity index (χ2n) is 7.02. The second-order valence-corrected chi connectivity index (χ2v) is 7.02. The molecule has 0 saturated heterocycles. The van der Waals surface area contributed by atoms with Crippen LogP contribution in [0.2, 0.25) is 0 Å². The highest BCUT2D eigenvalue weighted by atomic mass is 16.2. The standard InChI is InChI=1S/C22H31N3O/c1-6-23-17(2)21(24(3)4)19-12-14-20(15-13-19)22(26)25(5)16-18-10-8-7-9-11-18/h7-15,17,21,23H,6,16H2,1-5H3/t17-,21?/m0/s1. The lowest BCUT2D eigenvalue weighted by molar-refractivity contribution is 0.0785. The van der Waals surface area contributed by atoms with Crippen LogP contribution < -0.4 is 5.32 Å². The van der Waals surface area contributed by atoms with Gasteiger partial charge in [-0.25, -0.2) is 0 Å². The number of carbonyl (C=O) groups is 1. The van der Waals surface area contributed by atoms with Gasteiger partial charge in [-0.3, -0.25) is 4.79 Å². The molecule has 0 aliphatic rings. The molecule has 0 heterocycles. The molecule has 2 aromatic carbocycles. The van der Waals surface area contributed by atoms with Gasteiger partial charge in [-0.1, -0.05) is 49.4 Å². The number of nitrogens with zero attached hydrogens (tertiary/aromatic N) is 2. The third kappa shape index (κ3) is 5.16. The Morgan fingerprint density at radius 3 is 2.15 bits per heavy atom. The summed E-state index contributed by atoms with van der Waals surface area (Å²) in [7, 11) is 6.02. The number of carbonyl (C=O) groups excluding carboxylic acids is 1. The molecule has 0 saturated carbocycles. The van der Waals surface area contributed by atoms with E-state index in [-0.39, 0.29) is 11.9 Å². The Morgan fingerprint density at radius 1 is 1.00 bits per heavy atom. The van der Waals surface area contributed by atoms with Crippen molar-refractivity contribution in [1.82, 2.24) is 15.1 Å². The summed E-state index contributed by atoms with van der Waals surface area (Å²) in [5, 5.41) is 3.49. The van der Waals surface area contributed by atoms with E-state index in [1.807, 2.05) is 49.5 Å². The highest BCUT2D eigenvalue weighted by molar-refractivity contribution is 5.94. The summed E-state index contributed by atoms with van der Waals surface area (Å²) in [6, 6.07) is 18.7. The van der Waals surface area contributed by atoms with Crippen molar-refractivity contribution in [3.8, 4) is 0 Å². The van der Waals surface area contributed by atoms with Gasteiger partial charge in [0.15, 0.2) is 0 Å². The molecule has 140 valence electrons. The average molecular weight is 354 g/mol. The van der Waals surface area contributed by atoms with Gasteiger partial charge in [0, 0.05) is 31.2 Å². The van der Waals surface area contributed by atoms with Gasteiger partial charge in [-0.15, -0.1) is 0 Å². The average Bonchev–Trinajstić information content (AvgIpc) is 2.62. The fourth-order valence-corrected chi connectivity index (χ4v) is 3.44. The molecule has 4 nitrogen and oxygen atoms in total. The molecule has 2 rings (SSSR count). The van der Waals surface area contributed by atoms with Crippen LogP contribution in [0.3, 0.4) is 0 Å². The Morgan fingerprint density at radius 2 is 1.62 bits per heavy atom. The van der Waals surface area contributed by atoms with Gasteiger partial charge in [0.2, 0.25) is 0 Å². The van der Waals surface area contributed by atoms with Gasteiger partial charge in [0.1, 0.15) is 0 Å². The SMILES string of the molecule is CCN[C@@H](C)C(c1ccc(C(=O)N(C)Cc2ccccc2)cc1)N(C)C. The smallest absolute Gasteiger partial charge is 0.253 e. The first kappa shape index (κ1) is 20.1. The topological polar surface area (TPSA) is 35.6 Å². The van der Waals surface area contributed by atoms with Crippen LogP contribution in [-0.2, 0) is 6.54 Å². The first-order valence-corrected chi connectivity index (χ1v) is 9.23. The lowest BCUT2D eigenvalue weighted by Crippen LogP contribution is -2.39. The monoisotopic (exact) mass is 353 g/mol. The first-order valence-electron chi connectivity index (χ1n) is 9.23. The molecular weight excluding hydrogens is 322 g/mol. The van der Waals surface area contributed by atoms with E-state index in [9.17, 15) is 4.79 Å². The highest BCUT2D eigenvalue weighted by Gasteiger charge is 2.21. The number of amides is 1. The zero-order chi connectivity index (χ0) is 19.1. The minimum Gasteiger partial charge on any atom is -0.337 e. The van der Waals surface area contributed by atoms with E-state index in [4.69, 9.17) is 0 Å². The van der Waals surface area contributed by atoms with Crippen molar-refractivity contribution in [3.63, 3.8) is 0 Å². The van der Waals surface area contributed by atoms with Crippen LogP contribution in [-0.4, -0.2) is 49.4 Å². The van der Waals surface area contributed by atoms with E-state index >= 15 is 0 Å². The maximum absolute atomic E-state index is 12.7. The van der Waals surface area contributed by atoms with E-state index < -0.39 is 0 Å². The van der Waals surface area contributed by atoms with E-state index in [1.165, 1.54) is 5.56 Å². The molecule has 0 bridgehead atoms. The van der Waals surface area contributed by atoms with Crippen molar-refractivity contribution in [3.05, 3.63) is 71.3 Å². The summed E-state index contributed by atoms with van der Waals surface area (Å²) in [5.74, 6) is 0.0431. The van der Waals surface area contributed by atoms with E-state index in [2.05, 4.69) is 50.3 Å². The molecule has 1 amide bonds. The van der Waals surface area contributed by atoms with Gasteiger partial charge in [0.25, 0.3) is 5.91 Å². The molecular formula is C22H31N3O. The maximum atomic E-state index is 12.7. The zero-order valence-corrected chi connectivity index (χ0v) is 16.6. The van der Waals surface area contributed by atoms with Gasteiger partial charge in [-0.05, 0) is 50.8 Å². The molecule has 0 fully saturated rings. The van der Waals surface area contributed by atoms with Crippen molar-refractivity contribution in [2.45, 2.75) is 32.5 Å². The van der Waals surface area contributed by atoms with E-state index in [1.54, 1.807) is 4.90 Å². The predicted octanol–water partition coefficient (Wildman–Crippen LogP) is 3.56. The minimum absolute atomic E-state index is 0.0431. The maximum Gasteiger partial charge on any atom is 0.253 e. The van der Waals surface area contributed by atoms with Crippen molar-refractivity contribution >= 4 is 5.91 Å². The van der Waals surface area contributed by atoms with Crippen LogP contribution >= 0.6 is 0 Å². The Bertz CT molecular complexity index is 682. The molecule has 2 atom stereocenters. The van der Waals surface area contributed by atoms with E-state index in [0.29, 0.717) is 12.6 Å². The zero-order valence-electron chi connectivity index (χ0n) is 16.6. The number of likely N-dealkylation sites (N-methyl/N-ethyl adjacent to an activating group) is 2. The molecule has 0 aliphatic heterocycles. The summed E-state index contributed by atoms with van der Waals surface area (Å²) >= 11 is 0. The summed E-state index contributed by atoms with van der Waals surface area (Å²) in [5.41, 5.74) is 3.07. The fourth-order valence-electron chi connectivity index (χ4n) is 3.44. The molecule has 2 aromatic rings. The number of hydrogen-bond acceptors (Lipinski definition) is 3. The Hall–Kier alpha value is -2.17. The fraction of sp³-hybridized carbons (Fsp3) is 0.409. The van der Waals surface area contributed by atoms with E-state index in [0.717, 1.165) is 17.7 Å². The molecule has 1 N–H and O–H groups in total. The van der Waals surface area contributed by atoms with Crippen LogP contribution in [0.5, 0.6) is 0 Å². The Kier molecular flexibility index (Phi) is 7.37. The van der Waals surface area contributed by atoms with Gasteiger partial charge >= 0.3 is 0 Å². The van der Waals surface area contributed by atoms with Crippen LogP contribution in [0.15, 0.2) is 54.6 Å². The van der Waals surface area contributed by atoms with Crippen molar-refractivity contribution in [2.75, 3.05) is 27.7 Å².